The van der Waals surface area contributed by atoms with Crippen molar-refractivity contribution in [3.05, 3.63) is 0 Å². The second-order valence-corrected chi connectivity index (χ2v) is 9.12. The first-order valence-corrected chi connectivity index (χ1v) is 10.9. The Hall–Kier alpha value is -0.0700. The molecule has 0 aromatic heterocycles. The Morgan fingerprint density at radius 3 is 1.26 bits per heavy atom. The summed E-state index contributed by atoms with van der Waals surface area (Å²) in [5.74, 6) is 5.89. The molecule has 3 aliphatic carbocycles. The molecule has 0 aromatic rings. The van der Waals surface area contributed by atoms with Crippen LogP contribution in [0.3, 0.4) is 0 Å². The van der Waals surface area contributed by atoms with Crippen molar-refractivity contribution in [1.29, 1.82) is 0 Å². The zero-order valence-corrected chi connectivity index (χ0v) is 15.4. The van der Waals surface area contributed by atoms with Crippen LogP contribution in [0, 0.1) is 35.5 Å². The summed E-state index contributed by atoms with van der Waals surface area (Å²) >= 11 is 0. The van der Waals surface area contributed by atoms with Gasteiger partial charge < -0.3 is 0 Å². The van der Waals surface area contributed by atoms with Crippen molar-refractivity contribution in [3.8, 4) is 0 Å². The van der Waals surface area contributed by atoms with Gasteiger partial charge in [-0.05, 0) is 93.3 Å². The van der Waals surface area contributed by atoms with Gasteiger partial charge in [-0.3, -0.25) is 4.39 Å². The van der Waals surface area contributed by atoms with Crippen LogP contribution in [0.5, 0.6) is 0 Å². The number of rotatable bonds is 5. The number of alkyl halides is 1. The molecule has 134 valence electrons. The maximum Gasteiger partial charge on any atom is 0.0897 e. The van der Waals surface area contributed by atoms with E-state index in [1.54, 1.807) is 0 Å². The molecule has 3 aliphatic rings. The fourth-order valence-corrected chi connectivity index (χ4v) is 6.26. The Morgan fingerprint density at radius 1 is 0.565 bits per heavy atom. The monoisotopic (exact) mass is 322 g/mol. The summed E-state index contributed by atoms with van der Waals surface area (Å²) < 4.78 is 12.5. The minimum Gasteiger partial charge on any atom is -0.251 e. The normalized spacial score (nSPS) is 42.5. The third kappa shape index (κ3) is 4.73. The van der Waals surface area contributed by atoms with Crippen LogP contribution in [0.1, 0.15) is 96.8 Å². The summed E-state index contributed by atoms with van der Waals surface area (Å²) in [6.07, 6.45) is 19.8. The number of hydrogen-bond acceptors (Lipinski definition) is 0. The third-order valence-corrected chi connectivity index (χ3v) is 8.03. The molecule has 1 heteroatoms. The standard InChI is InChI=1S/C22H39F/c1-2-17-3-7-19(8-4-17)21-11-13-22(14-12-21)20-9-5-18(6-10-20)15-16-23/h17-22H,2-16H2,1H3. The maximum atomic E-state index is 12.5. The second-order valence-electron chi connectivity index (χ2n) is 9.12. The molecule has 0 spiro atoms. The van der Waals surface area contributed by atoms with Gasteiger partial charge in [0.05, 0.1) is 6.67 Å². The van der Waals surface area contributed by atoms with Gasteiger partial charge in [0.25, 0.3) is 0 Å². The molecule has 0 bridgehead atoms. The molecule has 0 amide bonds. The molecule has 0 radical (unpaired) electrons. The first kappa shape index (κ1) is 17.7. The highest BCUT2D eigenvalue weighted by atomic mass is 19.1. The maximum absolute atomic E-state index is 12.5. The minimum atomic E-state index is -0.0965. The Balaban J connectivity index is 1.37. The highest BCUT2D eigenvalue weighted by Gasteiger charge is 2.34. The van der Waals surface area contributed by atoms with E-state index in [4.69, 9.17) is 0 Å². The van der Waals surface area contributed by atoms with Crippen LogP contribution in [0.2, 0.25) is 0 Å². The first-order chi connectivity index (χ1) is 11.3. The Kier molecular flexibility index (Phi) is 6.83. The van der Waals surface area contributed by atoms with Crippen LogP contribution in [0.25, 0.3) is 0 Å². The molecule has 0 aromatic carbocycles. The van der Waals surface area contributed by atoms with E-state index in [2.05, 4.69) is 6.92 Å². The topological polar surface area (TPSA) is 0 Å². The smallest absolute Gasteiger partial charge is 0.0897 e. The van der Waals surface area contributed by atoms with Gasteiger partial charge in [-0.1, -0.05) is 39.0 Å². The summed E-state index contributed by atoms with van der Waals surface area (Å²) in [6, 6.07) is 0. The van der Waals surface area contributed by atoms with Gasteiger partial charge in [-0.2, -0.15) is 0 Å². The van der Waals surface area contributed by atoms with Gasteiger partial charge in [0, 0.05) is 0 Å². The molecule has 0 nitrogen and oxygen atoms in total. The van der Waals surface area contributed by atoms with Crippen molar-refractivity contribution in [2.24, 2.45) is 35.5 Å². The number of hydrogen-bond donors (Lipinski definition) is 0. The van der Waals surface area contributed by atoms with Crippen molar-refractivity contribution < 1.29 is 4.39 Å². The van der Waals surface area contributed by atoms with Gasteiger partial charge >= 0.3 is 0 Å². The predicted molar refractivity (Wildman–Crippen MR) is 97.2 cm³/mol. The highest BCUT2D eigenvalue weighted by molar-refractivity contribution is 4.85. The fourth-order valence-electron chi connectivity index (χ4n) is 6.26. The summed E-state index contributed by atoms with van der Waals surface area (Å²) in [5, 5.41) is 0. The highest BCUT2D eigenvalue weighted by Crippen LogP contribution is 2.46. The molecular formula is C22H39F. The molecule has 0 saturated heterocycles. The zero-order chi connectivity index (χ0) is 16.1. The van der Waals surface area contributed by atoms with Crippen molar-refractivity contribution in [1.82, 2.24) is 0 Å². The fraction of sp³-hybridized carbons (Fsp3) is 1.00. The lowest BCUT2D eigenvalue weighted by molar-refractivity contribution is 0.102. The minimum absolute atomic E-state index is 0.0965. The van der Waals surface area contributed by atoms with Crippen molar-refractivity contribution in [2.75, 3.05) is 6.67 Å². The molecule has 0 heterocycles. The summed E-state index contributed by atoms with van der Waals surface area (Å²) in [5.41, 5.74) is 0. The van der Waals surface area contributed by atoms with Gasteiger partial charge in [-0.25, -0.2) is 0 Å². The molecule has 23 heavy (non-hydrogen) atoms. The van der Waals surface area contributed by atoms with Crippen LogP contribution in [0.15, 0.2) is 0 Å². The molecule has 0 N–H and O–H groups in total. The molecule has 3 rings (SSSR count). The van der Waals surface area contributed by atoms with Gasteiger partial charge in [0.2, 0.25) is 0 Å². The van der Waals surface area contributed by atoms with Crippen molar-refractivity contribution in [2.45, 2.75) is 96.8 Å². The molecule has 3 fully saturated rings. The summed E-state index contributed by atoms with van der Waals surface area (Å²) in [4.78, 5) is 0. The average molecular weight is 323 g/mol. The Bertz CT molecular complexity index is 315. The first-order valence-electron chi connectivity index (χ1n) is 10.9. The van der Waals surface area contributed by atoms with E-state index >= 15 is 0 Å². The van der Waals surface area contributed by atoms with Crippen molar-refractivity contribution >= 4 is 0 Å². The Morgan fingerprint density at radius 2 is 0.913 bits per heavy atom. The van der Waals surface area contributed by atoms with E-state index in [1.165, 1.54) is 83.5 Å². The number of halogens is 1. The third-order valence-electron chi connectivity index (χ3n) is 8.03. The van der Waals surface area contributed by atoms with Crippen LogP contribution in [0.4, 0.5) is 4.39 Å². The molecule has 0 unspecified atom stereocenters. The summed E-state index contributed by atoms with van der Waals surface area (Å²) in [6.45, 7) is 2.28. The summed E-state index contributed by atoms with van der Waals surface area (Å²) in [7, 11) is 0. The van der Waals surface area contributed by atoms with Crippen LogP contribution in [-0.2, 0) is 0 Å². The van der Waals surface area contributed by atoms with Crippen LogP contribution >= 0.6 is 0 Å². The second kappa shape index (κ2) is 8.86. The van der Waals surface area contributed by atoms with E-state index in [-0.39, 0.29) is 6.67 Å². The quantitative estimate of drug-likeness (QED) is 0.503. The zero-order valence-electron chi connectivity index (χ0n) is 15.4. The van der Waals surface area contributed by atoms with Crippen LogP contribution < -0.4 is 0 Å². The van der Waals surface area contributed by atoms with E-state index in [0.717, 1.165) is 36.0 Å². The predicted octanol–water partition coefficient (Wildman–Crippen LogP) is 7.18. The molecular weight excluding hydrogens is 283 g/mol. The van der Waals surface area contributed by atoms with E-state index < -0.39 is 0 Å². The average Bonchev–Trinajstić information content (AvgIpc) is 2.63. The molecule has 0 aliphatic heterocycles. The van der Waals surface area contributed by atoms with Crippen LogP contribution in [-0.4, -0.2) is 6.67 Å². The molecule has 0 atom stereocenters. The molecule has 3 saturated carbocycles. The van der Waals surface area contributed by atoms with E-state index in [0.29, 0.717) is 5.92 Å². The Labute approximate surface area is 144 Å². The van der Waals surface area contributed by atoms with Gasteiger partial charge in [0.15, 0.2) is 0 Å². The largest absolute Gasteiger partial charge is 0.251 e. The lowest BCUT2D eigenvalue weighted by Gasteiger charge is -2.41. The lowest BCUT2D eigenvalue weighted by atomic mass is 9.65. The SMILES string of the molecule is CCC1CCC(C2CCC(C3CCC(CCF)CC3)CC2)CC1. The van der Waals surface area contributed by atoms with E-state index in [1.807, 2.05) is 0 Å². The van der Waals surface area contributed by atoms with Crippen molar-refractivity contribution in [3.63, 3.8) is 0 Å². The lowest BCUT2D eigenvalue weighted by Crippen LogP contribution is -2.29. The van der Waals surface area contributed by atoms with Gasteiger partial charge in [0.1, 0.15) is 0 Å². The van der Waals surface area contributed by atoms with E-state index in [9.17, 15) is 4.39 Å². The van der Waals surface area contributed by atoms with Gasteiger partial charge in [-0.15, -0.1) is 0 Å².